The fraction of sp³-hybridized carbons (Fsp3) is 0.357. The van der Waals surface area contributed by atoms with Crippen LogP contribution in [0.4, 0.5) is 0 Å². The molecule has 96 valence electrons. The van der Waals surface area contributed by atoms with Crippen molar-refractivity contribution >= 4 is 15.9 Å². The fourth-order valence-corrected chi connectivity index (χ4v) is 2.43. The molecule has 0 aliphatic rings. The summed E-state index contributed by atoms with van der Waals surface area (Å²) in [4.78, 5) is 0. The van der Waals surface area contributed by atoms with E-state index >= 15 is 0 Å². The molecule has 2 aromatic rings. The van der Waals surface area contributed by atoms with Crippen LogP contribution >= 0.6 is 15.9 Å². The molecule has 18 heavy (non-hydrogen) atoms. The highest BCUT2D eigenvalue weighted by Gasteiger charge is 2.13. The summed E-state index contributed by atoms with van der Waals surface area (Å²) in [7, 11) is 0. The molecule has 1 N–H and O–H groups in total. The number of halogens is 1. The molecule has 1 unspecified atom stereocenters. The summed E-state index contributed by atoms with van der Waals surface area (Å²) in [5, 5.41) is 7.88. The molecule has 0 saturated heterocycles. The number of para-hydroxylation sites is 1. The molecule has 1 atom stereocenters. The predicted molar refractivity (Wildman–Crippen MR) is 78.0 cm³/mol. The lowest BCUT2D eigenvalue weighted by Crippen LogP contribution is -2.21. The van der Waals surface area contributed by atoms with Gasteiger partial charge in [0.1, 0.15) is 0 Å². The Morgan fingerprint density at radius 1 is 1.33 bits per heavy atom. The average molecular weight is 308 g/mol. The first-order chi connectivity index (χ1) is 8.76. The summed E-state index contributed by atoms with van der Waals surface area (Å²) in [6.45, 7) is 5.30. The van der Waals surface area contributed by atoms with E-state index < -0.39 is 0 Å². The lowest BCUT2D eigenvalue weighted by atomic mass is 10.0. The van der Waals surface area contributed by atoms with Crippen LogP contribution in [0.25, 0.3) is 5.69 Å². The van der Waals surface area contributed by atoms with Crippen LogP contribution in [-0.4, -0.2) is 16.3 Å². The van der Waals surface area contributed by atoms with Crippen molar-refractivity contribution in [3.05, 3.63) is 46.7 Å². The molecule has 3 nitrogen and oxygen atoms in total. The molecule has 1 aromatic heterocycles. The van der Waals surface area contributed by atoms with Crippen molar-refractivity contribution < 1.29 is 0 Å². The molecule has 0 aliphatic carbocycles. The summed E-state index contributed by atoms with van der Waals surface area (Å²) in [5.74, 6) is 0. The van der Waals surface area contributed by atoms with Crippen molar-refractivity contribution in [2.45, 2.75) is 26.3 Å². The normalized spacial score (nSPS) is 12.6. The molecule has 0 bridgehead atoms. The van der Waals surface area contributed by atoms with Crippen LogP contribution in [-0.2, 0) is 0 Å². The molecule has 4 heteroatoms. The Bertz CT molecular complexity index is 507. The Morgan fingerprint density at radius 3 is 2.72 bits per heavy atom. The second-order valence-corrected chi connectivity index (χ2v) is 5.10. The maximum absolute atomic E-state index is 4.37. The topological polar surface area (TPSA) is 29.9 Å². The van der Waals surface area contributed by atoms with E-state index in [2.05, 4.69) is 58.4 Å². The molecule has 0 fully saturated rings. The van der Waals surface area contributed by atoms with Crippen LogP contribution < -0.4 is 5.32 Å². The van der Waals surface area contributed by atoms with Crippen molar-refractivity contribution in [1.29, 1.82) is 0 Å². The second-order valence-electron chi connectivity index (χ2n) is 4.18. The highest BCUT2D eigenvalue weighted by atomic mass is 79.9. The van der Waals surface area contributed by atoms with Crippen molar-refractivity contribution in [3.8, 4) is 5.69 Å². The lowest BCUT2D eigenvalue weighted by molar-refractivity contribution is 0.534. The minimum Gasteiger partial charge on any atom is -0.310 e. The molecule has 0 spiro atoms. The van der Waals surface area contributed by atoms with Gasteiger partial charge in [-0.3, -0.25) is 0 Å². The van der Waals surface area contributed by atoms with Crippen LogP contribution in [0.2, 0.25) is 0 Å². The van der Waals surface area contributed by atoms with Gasteiger partial charge in [0.15, 0.2) is 0 Å². The van der Waals surface area contributed by atoms with E-state index in [1.807, 2.05) is 23.1 Å². The summed E-state index contributed by atoms with van der Waals surface area (Å²) < 4.78 is 2.91. The maximum Gasteiger partial charge on any atom is 0.0693 e. The van der Waals surface area contributed by atoms with Gasteiger partial charge in [-0.15, -0.1) is 0 Å². The minimum absolute atomic E-state index is 0.370. The van der Waals surface area contributed by atoms with Crippen molar-refractivity contribution in [3.63, 3.8) is 0 Å². The third-order valence-corrected chi connectivity index (χ3v) is 3.38. The van der Waals surface area contributed by atoms with Crippen LogP contribution in [0.5, 0.6) is 0 Å². The minimum atomic E-state index is 0.370. The van der Waals surface area contributed by atoms with Crippen molar-refractivity contribution in [2.24, 2.45) is 0 Å². The van der Waals surface area contributed by atoms with E-state index in [9.17, 15) is 0 Å². The number of rotatable bonds is 5. The molecule has 0 aliphatic heterocycles. The van der Waals surface area contributed by atoms with E-state index in [0.717, 1.165) is 23.1 Å². The number of benzene rings is 1. The smallest absolute Gasteiger partial charge is 0.0693 e. The quantitative estimate of drug-likeness (QED) is 0.913. The predicted octanol–water partition coefficient (Wildman–Crippen LogP) is 3.70. The van der Waals surface area contributed by atoms with E-state index in [4.69, 9.17) is 0 Å². The van der Waals surface area contributed by atoms with Crippen molar-refractivity contribution in [2.75, 3.05) is 6.54 Å². The highest BCUT2D eigenvalue weighted by Crippen LogP contribution is 2.24. The van der Waals surface area contributed by atoms with Gasteiger partial charge in [0.05, 0.1) is 16.4 Å². The monoisotopic (exact) mass is 307 g/mol. The summed E-state index contributed by atoms with van der Waals surface area (Å²) in [6, 6.07) is 8.77. The molecule has 1 aromatic carbocycles. The van der Waals surface area contributed by atoms with Gasteiger partial charge in [-0.25, -0.2) is 4.68 Å². The Hall–Kier alpha value is -1.13. The Labute approximate surface area is 116 Å². The van der Waals surface area contributed by atoms with Gasteiger partial charge in [0.2, 0.25) is 0 Å². The van der Waals surface area contributed by atoms with Crippen LogP contribution in [0.1, 0.15) is 31.9 Å². The van der Waals surface area contributed by atoms with E-state index in [-0.39, 0.29) is 0 Å². The van der Waals surface area contributed by atoms with Crippen LogP contribution in [0.15, 0.2) is 41.1 Å². The third kappa shape index (κ3) is 2.82. The summed E-state index contributed by atoms with van der Waals surface area (Å²) in [5.41, 5.74) is 2.42. The first kappa shape index (κ1) is 13.3. The standard InChI is InChI=1S/C14H18BrN3/c1-3-13(16-4-2)12-7-5-6-8-14(12)18-10-11(15)9-17-18/h5-10,13,16H,3-4H2,1-2H3. The number of hydrogen-bond donors (Lipinski definition) is 1. The van der Waals surface area contributed by atoms with Gasteiger partial charge in [0, 0.05) is 12.2 Å². The Morgan fingerprint density at radius 2 is 2.11 bits per heavy atom. The average Bonchev–Trinajstić information content (AvgIpc) is 2.82. The number of hydrogen-bond acceptors (Lipinski definition) is 2. The lowest BCUT2D eigenvalue weighted by Gasteiger charge is -2.19. The van der Waals surface area contributed by atoms with Gasteiger partial charge >= 0.3 is 0 Å². The SMILES string of the molecule is CCNC(CC)c1ccccc1-n1cc(Br)cn1. The molecular weight excluding hydrogens is 290 g/mol. The fourth-order valence-electron chi connectivity index (χ4n) is 2.14. The molecule has 1 heterocycles. The van der Waals surface area contributed by atoms with Gasteiger partial charge in [-0.05, 0) is 40.5 Å². The van der Waals surface area contributed by atoms with Gasteiger partial charge < -0.3 is 5.32 Å². The molecule has 0 amide bonds. The third-order valence-electron chi connectivity index (χ3n) is 2.97. The molecule has 2 rings (SSSR count). The maximum atomic E-state index is 4.37. The van der Waals surface area contributed by atoms with E-state index in [1.165, 1.54) is 5.56 Å². The van der Waals surface area contributed by atoms with Crippen molar-refractivity contribution in [1.82, 2.24) is 15.1 Å². The first-order valence-corrected chi connectivity index (χ1v) is 7.08. The zero-order valence-corrected chi connectivity index (χ0v) is 12.3. The first-order valence-electron chi connectivity index (χ1n) is 6.29. The Balaban J connectivity index is 2.41. The molecular formula is C14H18BrN3. The Kier molecular flexibility index (Phi) is 4.55. The second kappa shape index (κ2) is 6.16. The summed E-state index contributed by atoms with van der Waals surface area (Å²) in [6.07, 6.45) is 4.86. The molecule has 0 radical (unpaired) electrons. The highest BCUT2D eigenvalue weighted by molar-refractivity contribution is 9.10. The van der Waals surface area contributed by atoms with Gasteiger partial charge in [-0.2, -0.15) is 5.10 Å². The van der Waals surface area contributed by atoms with E-state index in [0.29, 0.717) is 6.04 Å². The molecule has 0 saturated carbocycles. The van der Waals surface area contributed by atoms with Gasteiger partial charge in [0.25, 0.3) is 0 Å². The summed E-state index contributed by atoms with van der Waals surface area (Å²) >= 11 is 3.44. The number of nitrogens with zero attached hydrogens (tertiary/aromatic N) is 2. The number of aromatic nitrogens is 2. The van der Waals surface area contributed by atoms with Gasteiger partial charge in [-0.1, -0.05) is 32.0 Å². The van der Waals surface area contributed by atoms with E-state index in [1.54, 1.807) is 0 Å². The largest absolute Gasteiger partial charge is 0.310 e. The van der Waals surface area contributed by atoms with Crippen LogP contribution in [0.3, 0.4) is 0 Å². The van der Waals surface area contributed by atoms with Crippen LogP contribution in [0, 0.1) is 0 Å². The number of nitrogens with one attached hydrogen (secondary N) is 1. The zero-order chi connectivity index (χ0) is 13.0. The zero-order valence-electron chi connectivity index (χ0n) is 10.7.